The van der Waals surface area contributed by atoms with E-state index in [-0.39, 0.29) is 23.8 Å². The van der Waals surface area contributed by atoms with Crippen molar-refractivity contribution in [3.63, 3.8) is 0 Å². The van der Waals surface area contributed by atoms with Gasteiger partial charge in [0.2, 0.25) is 0 Å². The highest BCUT2D eigenvalue weighted by Crippen LogP contribution is 2.35. The smallest absolute Gasteiger partial charge is 0.416 e. The molecular weight excluding hydrogens is 361 g/mol. The van der Waals surface area contributed by atoms with E-state index in [0.717, 1.165) is 6.07 Å². The van der Waals surface area contributed by atoms with E-state index in [2.05, 4.69) is 0 Å². The van der Waals surface area contributed by atoms with E-state index in [4.69, 9.17) is 14.7 Å². The number of alkyl halides is 3. The first-order valence-electron chi connectivity index (χ1n) is 8.71. The van der Waals surface area contributed by atoms with Crippen molar-refractivity contribution < 1.29 is 27.4 Å². The van der Waals surface area contributed by atoms with Gasteiger partial charge in [0.05, 0.1) is 18.1 Å². The predicted molar refractivity (Wildman–Crippen MR) is 92.2 cm³/mol. The standard InChI is InChI=1S/C19H23F3N2O3/c1-18(2,3)27-17(25)24-10-7-14(8-11-24)26-15-5-4-13(6-9-23)16(12-15)19(20,21)22/h4-5,12,14H,6-8,10-11H2,1-3H3. The van der Waals surface area contributed by atoms with Gasteiger partial charge in [-0.1, -0.05) is 6.07 Å². The van der Waals surface area contributed by atoms with Crippen molar-refractivity contribution in [3.8, 4) is 11.8 Å². The number of hydrogen-bond donors (Lipinski definition) is 0. The number of hydrogen-bond acceptors (Lipinski definition) is 4. The van der Waals surface area contributed by atoms with Gasteiger partial charge in [-0.25, -0.2) is 4.79 Å². The van der Waals surface area contributed by atoms with E-state index < -0.39 is 23.4 Å². The SMILES string of the molecule is CC(C)(C)OC(=O)N1CCC(Oc2ccc(CC#N)c(C(F)(F)F)c2)CC1. The molecule has 148 valence electrons. The van der Waals surface area contributed by atoms with Gasteiger partial charge in [-0.05, 0) is 38.5 Å². The Labute approximate surface area is 156 Å². The first kappa shape index (κ1) is 20.9. The van der Waals surface area contributed by atoms with Crippen LogP contribution < -0.4 is 4.74 Å². The van der Waals surface area contributed by atoms with Crippen LogP contribution in [0, 0.1) is 11.3 Å². The van der Waals surface area contributed by atoms with Crippen LogP contribution in [-0.2, 0) is 17.3 Å². The zero-order valence-electron chi connectivity index (χ0n) is 15.6. The quantitative estimate of drug-likeness (QED) is 0.767. The molecule has 1 amide bonds. The van der Waals surface area contributed by atoms with Crippen molar-refractivity contribution in [2.45, 2.75) is 57.9 Å². The number of nitrogens with zero attached hydrogens (tertiary/aromatic N) is 2. The van der Waals surface area contributed by atoms with Crippen molar-refractivity contribution in [2.24, 2.45) is 0 Å². The van der Waals surface area contributed by atoms with Crippen LogP contribution in [0.1, 0.15) is 44.7 Å². The van der Waals surface area contributed by atoms with Crippen LogP contribution >= 0.6 is 0 Å². The number of benzene rings is 1. The second-order valence-electron chi connectivity index (χ2n) is 7.44. The molecule has 0 bridgehead atoms. The summed E-state index contributed by atoms with van der Waals surface area (Å²) in [5, 5.41) is 8.69. The molecule has 1 aliphatic rings. The molecule has 1 aromatic rings. The van der Waals surface area contributed by atoms with Gasteiger partial charge in [-0.15, -0.1) is 0 Å². The number of carbonyl (C=O) groups excluding carboxylic acids is 1. The molecule has 0 unspecified atom stereocenters. The topological polar surface area (TPSA) is 62.6 Å². The van der Waals surface area contributed by atoms with Crippen molar-refractivity contribution in [1.82, 2.24) is 4.90 Å². The number of halogens is 3. The largest absolute Gasteiger partial charge is 0.490 e. The number of ether oxygens (including phenoxy) is 2. The molecule has 0 radical (unpaired) electrons. The van der Waals surface area contributed by atoms with Gasteiger partial charge >= 0.3 is 12.3 Å². The van der Waals surface area contributed by atoms with Crippen LogP contribution in [-0.4, -0.2) is 35.8 Å². The summed E-state index contributed by atoms with van der Waals surface area (Å²) >= 11 is 0. The minimum absolute atomic E-state index is 0.0721. The summed E-state index contributed by atoms with van der Waals surface area (Å²) in [6, 6.07) is 5.40. The Balaban J connectivity index is 1.99. The highest BCUT2D eigenvalue weighted by molar-refractivity contribution is 5.68. The first-order chi connectivity index (χ1) is 12.5. The highest BCUT2D eigenvalue weighted by atomic mass is 19.4. The van der Waals surface area contributed by atoms with E-state index in [0.29, 0.717) is 25.9 Å². The molecule has 1 aliphatic heterocycles. The average molecular weight is 384 g/mol. The van der Waals surface area contributed by atoms with Gasteiger partial charge in [-0.3, -0.25) is 0 Å². The third kappa shape index (κ3) is 6.05. The van der Waals surface area contributed by atoms with Gasteiger partial charge in [0.25, 0.3) is 0 Å². The molecule has 0 spiro atoms. The third-order valence-corrected chi connectivity index (χ3v) is 4.05. The molecule has 1 fully saturated rings. The van der Waals surface area contributed by atoms with Crippen LogP contribution in [0.15, 0.2) is 18.2 Å². The molecule has 0 aromatic heterocycles. The minimum Gasteiger partial charge on any atom is -0.490 e. The summed E-state index contributed by atoms with van der Waals surface area (Å²) < 4.78 is 50.6. The number of piperidine rings is 1. The molecule has 0 saturated carbocycles. The summed E-state index contributed by atoms with van der Waals surface area (Å²) in [6.07, 6.45) is -4.55. The summed E-state index contributed by atoms with van der Waals surface area (Å²) in [6.45, 7) is 6.19. The average Bonchev–Trinajstić information content (AvgIpc) is 2.54. The maximum absolute atomic E-state index is 13.2. The fourth-order valence-corrected chi connectivity index (χ4v) is 2.81. The zero-order valence-corrected chi connectivity index (χ0v) is 15.6. The van der Waals surface area contributed by atoms with E-state index in [9.17, 15) is 18.0 Å². The first-order valence-corrected chi connectivity index (χ1v) is 8.71. The number of carbonyl (C=O) groups is 1. The van der Waals surface area contributed by atoms with Gasteiger partial charge < -0.3 is 14.4 Å². The molecule has 1 aromatic carbocycles. The Morgan fingerprint density at radius 1 is 1.26 bits per heavy atom. The summed E-state index contributed by atoms with van der Waals surface area (Å²) in [4.78, 5) is 13.6. The number of likely N-dealkylation sites (tertiary alicyclic amines) is 1. The van der Waals surface area contributed by atoms with E-state index >= 15 is 0 Å². The second-order valence-corrected chi connectivity index (χ2v) is 7.44. The van der Waals surface area contributed by atoms with Gasteiger partial charge in [0, 0.05) is 25.9 Å². The minimum atomic E-state index is -4.55. The number of rotatable bonds is 3. The van der Waals surface area contributed by atoms with Crippen molar-refractivity contribution >= 4 is 6.09 Å². The molecule has 1 saturated heterocycles. The van der Waals surface area contributed by atoms with Crippen LogP contribution in [0.5, 0.6) is 5.75 Å². The van der Waals surface area contributed by atoms with E-state index in [1.54, 1.807) is 31.7 Å². The second kappa shape index (κ2) is 8.07. The molecule has 0 N–H and O–H groups in total. The molecule has 1 heterocycles. The molecular formula is C19H23F3N2O3. The molecule has 5 nitrogen and oxygen atoms in total. The molecule has 27 heavy (non-hydrogen) atoms. The number of nitriles is 1. The van der Waals surface area contributed by atoms with Gasteiger partial charge in [-0.2, -0.15) is 18.4 Å². The van der Waals surface area contributed by atoms with E-state index in [1.165, 1.54) is 12.1 Å². The normalized spacial score (nSPS) is 16.0. The summed E-state index contributed by atoms with van der Waals surface area (Å²) in [5.41, 5.74) is -1.51. The van der Waals surface area contributed by atoms with Crippen molar-refractivity contribution in [2.75, 3.05) is 13.1 Å². The Kier molecular flexibility index (Phi) is 6.24. The van der Waals surface area contributed by atoms with Crippen molar-refractivity contribution in [3.05, 3.63) is 29.3 Å². The monoisotopic (exact) mass is 384 g/mol. The third-order valence-electron chi connectivity index (χ3n) is 4.05. The van der Waals surface area contributed by atoms with Crippen LogP contribution in [0.3, 0.4) is 0 Å². The molecule has 2 rings (SSSR count). The number of amides is 1. The van der Waals surface area contributed by atoms with Crippen molar-refractivity contribution in [1.29, 1.82) is 5.26 Å². The lowest BCUT2D eigenvalue weighted by Gasteiger charge is -2.33. The van der Waals surface area contributed by atoms with Crippen LogP contribution in [0.2, 0.25) is 0 Å². The lowest BCUT2D eigenvalue weighted by molar-refractivity contribution is -0.138. The maximum Gasteiger partial charge on any atom is 0.416 e. The van der Waals surface area contributed by atoms with Gasteiger partial charge in [0.1, 0.15) is 17.5 Å². The Hall–Kier alpha value is -2.43. The zero-order chi connectivity index (χ0) is 20.2. The molecule has 0 atom stereocenters. The highest BCUT2D eigenvalue weighted by Gasteiger charge is 2.34. The van der Waals surface area contributed by atoms with Crippen LogP contribution in [0.4, 0.5) is 18.0 Å². The van der Waals surface area contributed by atoms with Crippen LogP contribution in [0.25, 0.3) is 0 Å². The maximum atomic E-state index is 13.2. The fraction of sp³-hybridized carbons (Fsp3) is 0.579. The Morgan fingerprint density at radius 3 is 2.41 bits per heavy atom. The van der Waals surface area contributed by atoms with Gasteiger partial charge in [0.15, 0.2) is 0 Å². The molecule has 0 aliphatic carbocycles. The lowest BCUT2D eigenvalue weighted by Crippen LogP contribution is -2.44. The fourth-order valence-electron chi connectivity index (χ4n) is 2.81. The molecule has 8 heteroatoms. The Bertz CT molecular complexity index is 712. The summed E-state index contributed by atoms with van der Waals surface area (Å²) in [7, 11) is 0. The lowest BCUT2D eigenvalue weighted by atomic mass is 10.0. The summed E-state index contributed by atoms with van der Waals surface area (Å²) in [5.74, 6) is 0.111. The Morgan fingerprint density at radius 2 is 1.89 bits per heavy atom. The van der Waals surface area contributed by atoms with E-state index in [1.807, 2.05) is 0 Å². The predicted octanol–water partition coefficient (Wildman–Crippen LogP) is 4.55.